The standard InChI is InChI=1S/C19H19N3O2S/c1-11(2)17(23)20-14-8-9-16-15(10-14)21-19(25-16)22-18(24)13-6-4-12(3)5-7-13/h4-11H,1-3H3,(H,20,23)(H,21,22,24). The molecule has 0 unspecified atom stereocenters. The Morgan fingerprint density at radius 2 is 1.76 bits per heavy atom. The number of fused-ring (bicyclic) bond motifs is 1. The fraction of sp³-hybridized carbons (Fsp3) is 0.211. The second kappa shape index (κ2) is 7.03. The van der Waals surface area contributed by atoms with Crippen LogP contribution in [-0.4, -0.2) is 16.8 Å². The van der Waals surface area contributed by atoms with Gasteiger partial charge in [0.15, 0.2) is 5.13 Å². The Balaban J connectivity index is 1.78. The van der Waals surface area contributed by atoms with E-state index in [0.717, 1.165) is 15.8 Å². The van der Waals surface area contributed by atoms with Gasteiger partial charge in [-0.2, -0.15) is 0 Å². The quantitative estimate of drug-likeness (QED) is 0.728. The average Bonchev–Trinajstić information content (AvgIpc) is 2.96. The average molecular weight is 353 g/mol. The van der Waals surface area contributed by atoms with Crippen LogP contribution in [0, 0.1) is 12.8 Å². The minimum Gasteiger partial charge on any atom is -0.326 e. The van der Waals surface area contributed by atoms with E-state index in [2.05, 4.69) is 15.6 Å². The van der Waals surface area contributed by atoms with Gasteiger partial charge in [0.1, 0.15) is 0 Å². The fourth-order valence-corrected chi connectivity index (χ4v) is 3.06. The Hall–Kier alpha value is -2.73. The molecular formula is C19H19N3O2S. The van der Waals surface area contributed by atoms with E-state index >= 15 is 0 Å². The molecule has 128 valence electrons. The van der Waals surface area contributed by atoms with Crippen LogP contribution in [-0.2, 0) is 4.79 Å². The van der Waals surface area contributed by atoms with Crippen molar-refractivity contribution in [2.75, 3.05) is 10.6 Å². The normalized spacial score (nSPS) is 10.9. The number of nitrogens with one attached hydrogen (secondary N) is 2. The van der Waals surface area contributed by atoms with Crippen LogP contribution in [0.25, 0.3) is 10.2 Å². The Bertz CT molecular complexity index is 929. The van der Waals surface area contributed by atoms with Crippen molar-refractivity contribution in [1.29, 1.82) is 0 Å². The maximum Gasteiger partial charge on any atom is 0.257 e. The summed E-state index contributed by atoms with van der Waals surface area (Å²) in [6, 6.07) is 12.9. The van der Waals surface area contributed by atoms with E-state index in [1.165, 1.54) is 11.3 Å². The summed E-state index contributed by atoms with van der Waals surface area (Å²) in [6.07, 6.45) is 0. The molecule has 2 aromatic carbocycles. The number of anilines is 2. The summed E-state index contributed by atoms with van der Waals surface area (Å²) in [7, 11) is 0. The van der Waals surface area contributed by atoms with E-state index < -0.39 is 0 Å². The van der Waals surface area contributed by atoms with Crippen molar-refractivity contribution >= 4 is 44.2 Å². The molecule has 0 aliphatic rings. The summed E-state index contributed by atoms with van der Waals surface area (Å²) in [5.74, 6) is -0.314. The topological polar surface area (TPSA) is 71.1 Å². The van der Waals surface area contributed by atoms with E-state index in [1.807, 2.05) is 51.1 Å². The molecule has 0 aliphatic carbocycles. The van der Waals surface area contributed by atoms with E-state index in [-0.39, 0.29) is 17.7 Å². The molecule has 0 aliphatic heterocycles. The van der Waals surface area contributed by atoms with E-state index in [4.69, 9.17) is 0 Å². The molecule has 0 saturated heterocycles. The molecule has 2 amide bonds. The number of carbonyl (C=O) groups is 2. The summed E-state index contributed by atoms with van der Waals surface area (Å²) in [4.78, 5) is 28.5. The van der Waals surface area contributed by atoms with E-state index in [1.54, 1.807) is 12.1 Å². The highest BCUT2D eigenvalue weighted by Gasteiger charge is 2.12. The number of hydrogen-bond acceptors (Lipinski definition) is 4. The van der Waals surface area contributed by atoms with Gasteiger partial charge >= 0.3 is 0 Å². The van der Waals surface area contributed by atoms with Crippen molar-refractivity contribution in [3.8, 4) is 0 Å². The molecule has 6 heteroatoms. The van der Waals surface area contributed by atoms with Crippen molar-refractivity contribution in [3.63, 3.8) is 0 Å². The van der Waals surface area contributed by atoms with Gasteiger partial charge in [-0.15, -0.1) is 0 Å². The molecule has 0 fully saturated rings. The van der Waals surface area contributed by atoms with E-state index in [0.29, 0.717) is 16.4 Å². The summed E-state index contributed by atoms with van der Waals surface area (Å²) < 4.78 is 0.946. The number of rotatable bonds is 4. The van der Waals surface area contributed by atoms with Crippen molar-refractivity contribution in [2.45, 2.75) is 20.8 Å². The predicted molar refractivity (Wildman–Crippen MR) is 102 cm³/mol. The minimum atomic E-state index is -0.188. The zero-order valence-electron chi connectivity index (χ0n) is 14.3. The Kier molecular flexibility index (Phi) is 4.81. The highest BCUT2D eigenvalue weighted by Crippen LogP contribution is 2.28. The fourth-order valence-electron chi connectivity index (χ4n) is 2.22. The summed E-state index contributed by atoms with van der Waals surface area (Å²) in [5, 5.41) is 6.21. The maximum atomic E-state index is 12.3. The van der Waals surface area contributed by atoms with Crippen LogP contribution in [0.1, 0.15) is 29.8 Å². The Morgan fingerprint density at radius 3 is 2.44 bits per heavy atom. The van der Waals surface area contributed by atoms with Crippen LogP contribution in [0.3, 0.4) is 0 Å². The Morgan fingerprint density at radius 1 is 1.04 bits per heavy atom. The number of thiazole rings is 1. The number of amides is 2. The second-order valence-corrected chi connectivity index (χ2v) is 7.20. The Labute approximate surface area is 150 Å². The van der Waals surface area contributed by atoms with Gasteiger partial charge in [0.2, 0.25) is 5.91 Å². The second-order valence-electron chi connectivity index (χ2n) is 6.17. The van der Waals surface area contributed by atoms with Gasteiger partial charge in [0.05, 0.1) is 10.2 Å². The van der Waals surface area contributed by atoms with Crippen LogP contribution in [0.2, 0.25) is 0 Å². The van der Waals surface area contributed by atoms with Crippen LogP contribution in [0.4, 0.5) is 10.8 Å². The summed E-state index contributed by atoms with van der Waals surface area (Å²) in [6.45, 7) is 5.66. The molecule has 0 radical (unpaired) electrons. The first-order valence-electron chi connectivity index (χ1n) is 8.02. The molecule has 1 aromatic heterocycles. The molecule has 3 aromatic rings. The lowest BCUT2D eigenvalue weighted by Gasteiger charge is -2.06. The number of carbonyl (C=O) groups excluding carboxylic acids is 2. The lowest BCUT2D eigenvalue weighted by Crippen LogP contribution is -2.17. The lowest BCUT2D eigenvalue weighted by molar-refractivity contribution is -0.118. The predicted octanol–water partition coefficient (Wildman–Crippen LogP) is 4.45. The molecule has 0 bridgehead atoms. The number of hydrogen-bond donors (Lipinski definition) is 2. The maximum absolute atomic E-state index is 12.3. The molecule has 0 saturated carbocycles. The molecule has 5 nitrogen and oxygen atoms in total. The van der Waals surface area contributed by atoms with Crippen molar-refractivity contribution < 1.29 is 9.59 Å². The highest BCUT2D eigenvalue weighted by molar-refractivity contribution is 7.22. The van der Waals surface area contributed by atoms with Gasteiger partial charge in [-0.1, -0.05) is 42.9 Å². The molecule has 0 spiro atoms. The molecule has 0 atom stereocenters. The monoisotopic (exact) mass is 353 g/mol. The first kappa shape index (κ1) is 17.1. The third-order valence-corrected chi connectivity index (χ3v) is 4.67. The first-order valence-corrected chi connectivity index (χ1v) is 8.83. The van der Waals surface area contributed by atoms with E-state index in [9.17, 15) is 9.59 Å². The minimum absolute atomic E-state index is 0.0394. The third-order valence-electron chi connectivity index (χ3n) is 3.71. The third kappa shape index (κ3) is 4.03. The van der Waals surface area contributed by atoms with Crippen LogP contribution in [0.15, 0.2) is 42.5 Å². The summed E-state index contributed by atoms with van der Waals surface area (Å²) in [5.41, 5.74) is 3.14. The lowest BCUT2D eigenvalue weighted by atomic mass is 10.1. The molecule has 2 N–H and O–H groups in total. The zero-order valence-corrected chi connectivity index (χ0v) is 15.1. The largest absolute Gasteiger partial charge is 0.326 e. The number of aryl methyl sites for hydroxylation is 1. The number of benzene rings is 2. The van der Waals surface area contributed by atoms with Gasteiger partial charge in [-0.3, -0.25) is 14.9 Å². The highest BCUT2D eigenvalue weighted by atomic mass is 32.1. The molecule has 25 heavy (non-hydrogen) atoms. The number of aromatic nitrogens is 1. The van der Waals surface area contributed by atoms with Gasteiger partial charge < -0.3 is 5.32 Å². The SMILES string of the molecule is Cc1ccc(C(=O)Nc2nc3cc(NC(=O)C(C)C)ccc3s2)cc1. The van der Waals surface area contributed by atoms with Crippen LogP contribution in [0.5, 0.6) is 0 Å². The van der Waals surface area contributed by atoms with Crippen molar-refractivity contribution in [2.24, 2.45) is 5.92 Å². The molecule has 1 heterocycles. The first-order chi connectivity index (χ1) is 11.9. The van der Waals surface area contributed by atoms with Gasteiger partial charge in [0.25, 0.3) is 5.91 Å². The zero-order chi connectivity index (χ0) is 18.0. The van der Waals surface area contributed by atoms with Crippen molar-refractivity contribution in [3.05, 3.63) is 53.6 Å². The van der Waals surface area contributed by atoms with Crippen LogP contribution >= 0.6 is 11.3 Å². The molecular weight excluding hydrogens is 334 g/mol. The van der Waals surface area contributed by atoms with Crippen molar-refractivity contribution in [1.82, 2.24) is 4.98 Å². The number of nitrogens with zero attached hydrogens (tertiary/aromatic N) is 1. The van der Waals surface area contributed by atoms with Gasteiger partial charge in [-0.05, 0) is 37.3 Å². The van der Waals surface area contributed by atoms with Gasteiger partial charge in [0, 0.05) is 17.2 Å². The van der Waals surface area contributed by atoms with Gasteiger partial charge in [-0.25, -0.2) is 4.98 Å². The molecule has 3 rings (SSSR count). The summed E-state index contributed by atoms with van der Waals surface area (Å²) >= 11 is 1.40. The smallest absolute Gasteiger partial charge is 0.257 e. The van der Waals surface area contributed by atoms with Crippen LogP contribution < -0.4 is 10.6 Å².